The predicted molar refractivity (Wildman–Crippen MR) is 66.0 cm³/mol. The molecule has 0 fully saturated rings. The molecule has 0 atom stereocenters. The van der Waals surface area contributed by atoms with Gasteiger partial charge < -0.3 is 8.94 Å². The van der Waals surface area contributed by atoms with Crippen LogP contribution >= 0.6 is 0 Å². The lowest BCUT2D eigenvalue weighted by Crippen LogP contribution is -1.88. The second-order valence-electron chi connectivity index (χ2n) is 4.01. The summed E-state index contributed by atoms with van der Waals surface area (Å²) in [6.45, 7) is 0. The van der Waals surface area contributed by atoms with Crippen LogP contribution in [0.2, 0.25) is 0 Å². The van der Waals surface area contributed by atoms with Gasteiger partial charge in [-0.05, 0) is 23.8 Å². The fourth-order valence-corrected chi connectivity index (χ4v) is 1.71. The van der Waals surface area contributed by atoms with Gasteiger partial charge in [0.1, 0.15) is 6.26 Å². The zero-order valence-electron chi connectivity index (χ0n) is 9.91. The van der Waals surface area contributed by atoms with Crippen LogP contribution < -0.4 is 0 Å². The normalized spacial score (nSPS) is 10.3. The standard InChI is InChI=1S/C14H9N3O2/c15-8-11-3-1-10(2-4-11)7-13-16-14(17-19-13)12-5-6-18-9-12/h1-6,9H,7H2. The number of benzene rings is 1. The molecule has 0 amide bonds. The van der Waals surface area contributed by atoms with Gasteiger partial charge >= 0.3 is 0 Å². The van der Waals surface area contributed by atoms with Crippen LogP contribution in [-0.4, -0.2) is 10.1 Å². The molecule has 0 bridgehead atoms. The van der Waals surface area contributed by atoms with Crippen molar-refractivity contribution in [3.05, 3.63) is 59.9 Å². The average molecular weight is 251 g/mol. The van der Waals surface area contributed by atoms with Gasteiger partial charge in [0, 0.05) is 0 Å². The van der Waals surface area contributed by atoms with E-state index in [1.807, 2.05) is 12.1 Å². The molecule has 1 aromatic carbocycles. The number of furan rings is 1. The number of aromatic nitrogens is 2. The molecule has 0 aliphatic heterocycles. The summed E-state index contributed by atoms with van der Waals surface area (Å²) < 4.78 is 10.2. The Morgan fingerprint density at radius 3 is 2.68 bits per heavy atom. The smallest absolute Gasteiger partial charge is 0.231 e. The fraction of sp³-hybridized carbons (Fsp3) is 0.0714. The van der Waals surface area contributed by atoms with Crippen molar-refractivity contribution in [1.29, 1.82) is 5.26 Å². The van der Waals surface area contributed by atoms with Crippen molar-refractivity contribution in [2.75, 3.05) is 0 Å². The van der Waals surface area contributed by atoms with Crippen LogP contribution in [0.25, 0.3) is 11.4 Å². The number of hydrogen-bond acceptors (Lipinski definition) is 5. The molecule has 0 saturated carbocycles. The van der Waals surface area contributed by atoms with E-state index >= 15 is 0 Å². The average Bonchev–Trinajstić information content (AvgIpc) is 3.10. The number of nitrogens with zero attached hydrogens (tertiary/aromatic N) is 3. The Bertz CT molecular complexity index is 706. The third kappa shape index (κ3) is 2.38. The van der Waals surface area contributed by atoms with E-state index in [9.17, 15) is 0 Å². The Balaban J connectivity index is 1.78. The molecule has 0 aliphatic carbocycles. The minimum atomic E-state index is 0.511. The topological polar surface area (TPSA) is 75.8 Å². The van der Waals surface area contributed by atoms with Gasteiger partial charge in [-0.25, -0.2) is 0 Å². The van der Waals surface area contributed by atoms with Crippen LogP contribution in [0.15, 0.2) is 51.8 Å². The van der Waals surface area contributed by atoms with Crippen LogP contribution in [0.5, 0.6) is 0 Å². The Morgan fingerprint density at radius 2 is 2.00 bits per heavy atom. The summed E-state index contributed by atoms with van der Waals surface area (Å²) in [5, 5.41) is 12.6. The zero-order chi connectivity index (χ0) is 13.1. The second kappa shape index (κ2) is 4.78. The van der Waals surface area contributed by atoms with E-state index in [1.165, 1.54) is 0 Å². The quantitative estimate of drug-likeness (QED) is 0.715. The first-order valence-electron chi connectivity index (χ1n) is 5.69. The van der Waals surface area contributed by atoms with Crippen LogP contribution in [0.1, 0.15) is 17.0 Å². The molecule has 0 spiro atoms. The molecule has 0 N–H and O–H groups in total. The summed E-state index contributed by atoms with van der Waals surface area (Å²) in [4.78, 5) is 4.29. The SMILES string of the molecule is N#Cc1ccc(Cc2nc(-c3ccoc3)no2)cc1. The molecule has 0 aliphatic rings. The van der Waals surface area contributed by atoms with Crippen molar-refractivity contribution >= 4 is 0 Å². The maximum absolute atomic E-state index is 8.73. The van der Waals surface area contributed by atoms with Gasteiger partial charge in [0.15, 0.2) is 0 Å². The minimum Gasteiger partial charge on any atom is -0.472 e. The monoisotopic (exact) mass is 251 g/mol. The summed E-state index contributed by atoms with van der Waals surface area (Å²) in [5.41, 5.74) is 2.43. The van der Waals surface area contributed by atoms with E-state index in [0.29, 0.717) is 23.7 Å². The Labute approximate surface area is 109 Å². The molecule has 19 heavy (non-hydrogen) atoms. The molecule has 2 aromatic heterocycles. The third-order valence-electron chi connectivity index (χ3n) is 2.69. The van der Waals surface area contributed by atoms with Crippen molar-refractivity contribution in [2.24, 2.45) is 0 Å². The van der Waals surface area contributed by atoms with Gasteiger partial charge in [-0.2, -0.15) is 10.2 Å². The largest absolute Gasteiger partial charge is 0.472 e. The van der Waals surface area contributed by atoms with Gasteiger partial charge in [0.25, 0.3) is 0 Å². The highest BCUT2D eigenvalue weighted by Gasteiger charge is 2.10. The molecule has 0 radical (unpaired) electrons. The highest BCUT2D eigenvalue weighted by Crippen LogP contribution is 2.17. The van der Waals surface area contributed by atoms with E-state index in [1.54, 1.807) is 30.7 Å². The summed E-state index contributed by atoms with van der Waals surface area (Å²) >= 11 is 0. The van der Waals surface area contributed by atoms with Gasteiger partial charge in [-0.3, -0.25) is 0 Å². The molecular formula is C14H9N3O2. The van der Waals surface area contributed by atoms with Gasteiger partial charge in [0.2, 0.25) is 11.7 Å². The first kappa shape index (κ1) is 11.2. The van der Waals surface area contributed by atoms with Crippen molar-refractivity contribution in [3.8, 4) is 17.5 Å². The van der Waals surface area contributed by atoms with Crippen molar-refractivity contribution in [2.45, 2.75) is 6.42 Å². The maximum atomic E-state index is 8.73. The molecular weight excluding hydrogens is 242 g/mol. The second-order valence-corrected chi connectivity index (χ2v) is 4.01. The summed E-state index contributed by atoms with van der Waals surface area (Å²) in [5.74, 6) is 1.04. The Kier molecular flexibility index (Phi) is 2.83. The zero-order valence-corrected chi connectivity index (χ0v) is 9.91. The van der Waals surface area contributed by atoms with Gasteiger partial charge in [-0.1, -0.05) is 17.3 Å². The third-order valence-corrected chi connectivity index (χ3v) is 2.69. The number of hydrogen-bond donors (Lipinski definition) is 0. The highest BCUT2D eigenvalue weighted by molar-refractivity contribution is 5.51. The number of rotatable bonds is 3. The van der Waals surface area contributed by atoms with E-state index in [2.05, 4.69) is 16.2 Å². The molecule has 5 heteroatoms. The Hall–Kier alpha value is -2.87. The number of nitriles is 1. The molecule has 3 aromatic rings. The summed E-state index contributed by atoms with van der Waals surface area (Å²) in [7, 11) is 0. The van der Waals surface area contributed by atoms with Crippen molar-refractivity contribution in [1.82, 2.24) is 10.1 Å². The van der Waals surface area contributed by atoms with Crippen LogP contribution in [0, 0.1) is 11.3 Å². The molecule has 2 heterocycles. The Morgan fingerprint density at radius 1 is 1.16 bits per heavy atom. The summed E-state index contributed by atoms with van der Waals surface area (Å²) in [6.07, 6.45) is 3.67. The molecule has 0 saturated heterocycles. The molecule has 0 unspecified atom stereocenters. The van der Waals surface area contributed by atoms with Crippen molar-refractivity contribution in [3.63, 3.8) is 0 Å². The van der Waals surface area contributed by atoms with Crippen molar-refractivity contribution < 1.29 is 8.94 Å². The lowest BCUT2D eigenvalue weighted by molar-refractivity contribution is 0.385. The lowest BCUT2D eigenvalue weighted by atomic mass is 10.1. The first-order valence-corrected chi connectivity index (χ1v) is 5.69. The molecule has 5 nitrogen and oxygen atoms in total. The molecule has 3 rings (SSSR count). The fourth-order valence-electron chi connectivity index (χ4n) is 1.71. The predicted octanol–water partition coefficient (Wildman–Crippen LogP) is 2.79. The van der Waals surface area contributed by atoms with Gasteiger partial charge in [0.05, 0.1) is 29.9 Å². The van der Waals surface area contributed by atoms with E-state index in [0.717, 1.165) is 11.1 Å². The molecule has 92 valence electrons. The van der Waals surface area contributed by atoms with Crippen LogP contribution in [0.3, 0.4) is 0 Å². The van der Waals surface area contributed by atoms with E-state index in [-0.39, 0.29) is 0 Å². The van der Waals surface area contributed by atoms with Crippen LogP contribution in [-0.2, 0) is 6.42 Å². The highest BCUT2D eigenvalue weighted by atomic mass is 16.5. The first-order chi connectivity index (χ1) is 9.35. The lowest BCUT2D eigenvalue weighted by Gasteiger charge is -1.95. The van der Waals surface area contributed by atoms with E-state index in [4.69, 9.17) is 14.2 Å². The summed E-state index contributed by atoms with van der Waals surface area (Å²) in [6, 6.07) is 11.1. The van der Waals surface area contributed by atoms with Crippen LogP contribution in [0.4, 0.5) is 0 Å². The minimum absolute atomic E-state index is 0.511. The maximum Gasteiger partial charge on any atom is 0.231 e. The van der Waals surface area contributed by atoms with E-state index < -0.39 is 0 Å². The van der Waals surface area contributed by atoms with Gasteiger partial charge in [-0.15, -0.1) is 0 Å².